The molecule has 3 heterocycles. The maximum Gasteiger partial charge on any atom is 0.337 e. The first-order valence-electron chi connectivity index (χ1n) is 6.55. The topological polar surface area (TPSA) is 55.6 Å². The smallest absolute Gasteiger partial charge is 0.337 e. The quantitative estimate of drug-likeness (QED) is 0.832. The zero-order valence-electron chi connectivity index (χ0n) is 10.9. The van der Waals surface area contributed by atoms with Crippen LogP contribution in [-0.4, -0.2) is 35.6 Å². The summed E-state index contributed by atoms with van der Waals surface area (Å²) >= 11 is 0. The van der Waals surface area contributed by atoms with E-state index >= 15 is 0 Å². The van der Waals surface area contributed by atoms with Gasteiger partial charge >= 0.3 is 5.97 Å². The van der Waals surface area contributed by atoms with Crippen LogP contribution < -0.4 is 5.32 Å². The fraction of sp³-hybridized carbons (Fsp3) is 0.429. The van der Waals surface area contributed by atoms with Crippen molar-refractivity contribution in [2.45, 2.75) is 18.8 Å². The van der Waals surface area contributed by atoms with E-state index in [9.17, 15) is 4.79 Å². The van der Waals surface area contributed by atoms with Crippen LogP contribution in [0.2, 0.25) is 0 Å². The molecule has 100 valence electrons. The van der Waals surface area contributed by atoms with Gasteiger partial charge in [-0.3, -0.25) is 0 Å². The molecular formula is C14H17N3O2. The summed E-state index contributed by atoms with van der Waals surface area (Å²) in [6.45, 7) is 2.08. The Hall–Kier alpha value is -1.88. The van der Waals surface area contributed by atoms with E-state index in [1.807, 2.05) is 18.5 Å². The molecule has 5 nitrogen and oxygen atoms in total. The van der Waals surface area contributed by atoms with E-state index in [2.05, 4.69) is 14.7 Å². The van der Waals surface area contributed by atoms with Crippen molar-refractivity contribution >= 4 is 11.5 Å². The van der Waals surface area contributed by atoms with Crippen LogP contribution in [0.15, 0.2) is 24.5 Å². The lowest BCUT2D eigenvalue weighted by Crippen LogP contribution is -2.27. The number of piperidine rings is 1. The minimum Gasteiger partial charge on any atom is -0.465 e. The van der Waals surface area contributed by atoms with Crippen LogP contribution in [0.5, 0.6) is 0 Å². The Kier molecular flexibility index (Phi) is 3.21. The molecule has 1 fully saturated rings. The number of rotatable bonds is 2. The van der Waals surface area contributed by atoms with Crippen molar-refractivity contribution in [1.82, 2.24) is 14.7 Å². The zero-order chi connectivity index (χ0) is 13.2. The van der Waals surface area contributed by atoms with Gasteiger partial charge in [-0.15, -0.1) is 0 Å². The lowest BCUT2D eigenvalue weighted by atomic mass is 9.97. The van der Waals surface area contributed by atoms with Gasteiger partial charge in [-0.25, -0.2) is 9.78 Å². The molecule has 0 radical (unpaired) electrons. The van der Waals surface area contributed by atoms with E-state index in [0.717, 1.165) is 37.3 Å². The summed E-state index contributed by atoms with van der Waals surface area (Å²) in [4.78, 5) is 16.0. The van der Waals surface area contributed by atoms with Crippen molar-refractivity contribution in [2.75, 3.05) is 20.2 Å². The highest BCUT2D eigenvalue weighted by molar-refractivity contribution is 5.90. The number of carbonyl (C=O) groups excluding carboxylic acids is 1. The van der Waals surface area contributed by atoms with Gasteiger partial charge in [0, 0.05) is 12.1 Å². The number of aromatic nitrogens is 2. The van der Waals surface area contributed by atoms with Crippen molar-refractivity contribution in [3.63, 3.8) is 0 Å². The second-order valence-electron chi connectivity index (χ2n) is 4.84. The van der Waals surface area contributed by atoms with Crippen LogP contribution in [0.4, 0.5) is 0 Å². The molecule has 0 aromatic carbocycles. The molecule has 0 bridgehead atoms. The number of nitrogens with one attached hydrogen (secondary N) is 1. The van der Waals surface area contributed by atoms with Crippen LogP contribution in [0.25, 0.3) is 5.52 Å². The zero-order valence-corrected chi connectivity index (χ0v) is 10.9. The van der Waals surface area contributed by atoms with Crippen LogP contribution >= 0.6 is 0 Å². The average Bonchev–Trinajstić information content (AvgIpc) is 2.90. The Morgan fingerprint density at radius 2 is 2.26 bits per heavy atom. The molecule has 1 saturated heterocycles. The normalized spacial score (nSPS) is 16.7. The Bertz CT molecular complexity index is 600. The molecule has 0 aliphatic carbocycles. The minimum absolute atomic E-state index is 0.313. The number of hydrogen-bond donors (Lipinski definition) is 1. The molecule has 2 aromatic heterocycles. The van der Waals surface area contributed by atoms with Crippen LogP contribution in [0.1, 0.15) is 34.9 Å². The van der Waals surface area contributed by atoms with Crippen LogP contribution in [-0.2, 0) is 4.74 Å². The van der Waals surface area contributed by atoms with Crippen LogP contribution in [0, 0.1) is 0 Å². The maximum absolute atomic E-state index is 11.5. The molecule has 0 unspecified atom stereocenters. The molecule has 5 heteroatoms. The Labute approximate surface area is 111 Å². The molecule has 1 aliphatic rings. The third-order valence-electron chi connectivity index (χ3n) is 3.69. The minimum atomic E-state index is -0.313. The molecular weight excluding hydrogens is 242 g/mol. The first kappa shape index (κ1) is 12.2. The fourth-order valence-corrected chi connectivity index (χ4v) is 2.65. The fourth-order valence-electron chi connectivity index (χ4n) is 2.65. The first-order chi connectivity index (χ1) is 9.29. The molecule has 19 heavy (non-hydrogen) atoms. The van der Waals surface area contributed by atoms with E-state index in [1.54, 1.807) is 6.07 Å². The predicted molar refractivity (Wildman–Crippen MR) is 71.4 cm³/mol. The monoisotopic (exact) mass is 259 g/mol. The SMILES string of the molecule is COC(=O)c1ccn2c(C3CCNCC3)ncc2c1. The standard InChI is InChI=1S/C14H17N3O2/c1-19-14(18)11-4-7-17-12(8-11)9-16-13(17)10-2-5-15-6-3-10/h4,7-10,15H,2-3,5-6H2,1H3. The van der Waals surface area contributed by atoms with E-state index in [4.69, 9.17) is 4.74 Å². The highest BCUT2D eigenvalue weighted by Crippen LogP contribution is 2.25. The highest BCUT2D eigenvalue weighted by Gasteiger charge is 2.20. The van der Waals surface area contributed by atoms with Crippen LogP contribution in [0.3, 0.4) is 0 Å². The van der Waals surface area contributed by atoms with Gasteiger partial charge in [0.2, 0.25) is 0 Å². The Morgan fingerprint density at radius 1 is 1.47 bits per heavy atom. The van der Waals surface area contributed by atoms with Gasteiger partial charge in [0.25, 0.3) is 0 Å². The predicted octanol–water partition coefficient (Wildman–Crippen LogP) is 1.59. The van der Waals surface area contributed by atoms with Gasteiger partial charge in [0.15, 0.2) is 0 Å². The van der Waals surface area contributed by atoms with E-state index in [-0.39, 0.29) is 5.97 Å². The first-order valence-corrected chi connectivity index (χ1v) is 6.55. The number of methoxy groups -OCH3 is 1. The van der Waals surface area contributed by atoms with Gasteiger partial charge in [-0.2, -0.15) is 0 Å². The number of pyridine rings is 1. The Morgan fingerprint density at radius 3 is 3.00 bits per heavy atom. The van der Waals surface area contributed by atoms with Crippen molar-refractivity contribution in [1.29, 1.82) is 0 Å². The lowest BCUT2D eigenvalue weighted by Gasteiger charge is -2.21. The third-order valence-corrected chi connectivity index (χ3v) is 3.69. The van der Waals surface area contributed by atoms with Crippen molar-refractivity contribution in [3.8, 4) is 0 Å². The Balaban J connectivity index is 1.97. The molecule has 2 aromatic rings. The number of esters is 1. The summed E-state index contributed by atoms with van der Waals surface area (Å²) in [5.41, 5.74) is 1.50. The number of hydrogen-bond acceptors (Lipinski definition) is 4. The molecule has 3 rings (SSSR count). The van der Waals surface area contributed by atoms with Gasteiger partial charge in [0.1, 0.15) is 5.82 Å². The highest BCUT2D eigenvalue weighted by atomic mass is 16.5. The number of nitrogens with zero attached hydrogens (tertiary/aromatic N) is 2. The number of fused-ring (bicyclic) bond motifs is 1. The number of imidazole rings is 1. The van der Waals surface area contributed by atoms with E-state index < -0.39 is 0 Å². The average molecular weight is 259 g/mol. The maximum atomic E-state index is 11.5. The molecule has 0 atom stereocenters. The summed E-state index contributed by atoms with van der Waals surface area (Å²) in [6.07, 6.45) is 5.95. The second kappa shape index (κ2) is 5.01. The third kappa shape index (κ3) is 2.21. The largest absolute Gasteiger partial charge is 0.465 e. The van der Waals surface area contributed by atoms with E-state index in [0.29, 0.717) is 11.5 Å². The van der Waals surface area contributed by atoms with Gasteiger partial charge in [-0.1, -0.05) is 0 Å². The molecule has 0 saturated carbocycles. The van der Waals surface area contributed by atoms with Gasteiger partial charge in [0.05, 0.1) is 24.4 Å². The van der Waals surface area contributed by atoms with Crippen molar-refractivity contribution < 1.29 is 9.53 Å². The molecule has 0 spiro atoms. The van der Waals surface area contributed by atoms with Crippen molar-refractivity contribution in [2.24, 2.45) is 0 Å². The van der Waals surface area contributed by atoms with Gasteiger partial charge < -0.3 is 14.5 Å². The summed E-state index contributed by atoms with van der Waals surface area (Å²) in [5, 5.41) is 3.36. The summed E-state index contributed by atoms with van der Waals surface area (Å²) in [6, 6.07) is 3.61. The summed E-state index contributed by atoms with van der Waals surface area (Å²) < 4.78 is 6.80. The molecule has 1 N–H and O–H groups in total. The van der Waals surface area contributed by atoms with Gasteiger partial charge in [-0.05, 0) is 38.1 Å². The van der Waals surface area contributed by atoms with Crippen molar-refractivity contribution in [3.05, 3.63) is 35.9 Å². The number of ether oxygens (including phenoxy) is 1. The molecule has 1 aliphatic heterocycles. The summed E-state index contributed by atoms with van der Waals surface area (Å²) in [7, 11) is 1.39. The van der Waals surface area contributed by atoms with E-state index in [1.165, 1.54) is 7.11 Å². The second-order valence-corrected chi connectivity index (χ2v) is 4.84. The molecule has 0 amide bonds. The lowest BCUT2D eigenvalue weighted by molar-refractivity contribution is 0.0600. The summed E-state index contributed by atoms with van der Waals surface area (Å²) in [5.74, 6) is 1.27. The number of carbonyl (C=O) groups is 1.